The molecule has 1 aliphatic heterocycles. The number of carbonyl (C=O) groups excluding carboxylic acids is 2. The third kappa shape index (κ3) is 3.67. The molecule has 0 aliphatic carbocycles. The molecule has 5 nitrogen and oxygen atoms in total. The molecule has 1 saturated heterocycles. The molecule has 0 aromatic heterocycles. The van der Waals surface area contributed by atoms with Gasteiger partial charge in [-0.2, -0.15) is 0 Å². The number of nitrogens with zero attached hydrogens (tertiary/aromatic N) is 1. The van der Waals surface area contributed by atoms with Crippen LogP contribution in [0.15, 0.2) is 24.3 Å². The lowest BCUT2D eigenvalue weighted by Crippen LogP contribution is -2.42. The molecule has 0 spiro atoms. The summed E-state index contributed by atoms with van der Waals surface area (Å²) in [6, 6.07) is 5.46. The monoisotopic (exact) mass is 266 g/mol. The van der Waals surface area contributed by atoms with Gasteiger partial charge in [-0.3, -0.25) is 4.79 Å². The van der Waals surface area contributed by atoms with E-state index in [4.69, 9.17) is 4.74 Å². The zero-order valence-corrected chi connectivity index (χ0v) is 10.4. The van der Waals surface area contributed by atoms with Gasteiger partial charge in [0, 0.05) is 25.2 Å². The number of carbonyl (C=O) groups is 2. The highest BCUT2D eigenvalue weighted by molar-refractivity contribution is 5.94. The van der Waals surface area contributed by atoms with Gasteiger partial charge in [-0.1, -0.05) is 6.07 Å². The van der Waals surface area contributed by atoms with Crippen molar-refractivity contribution in [3.8, 4) is 0 Å². The van der Waals surface area contributed by atoms with E-state index in [9.17, 15) is 14.0 Å². The molecule has 0 atom stereocenters. The number of hydrogen-bond acceptors (Lipinski definition) is 3. The Morgan fingerprint density at radius 2 is 2.32 bits per heavy atom. The van der Waals surface area contributed by atoms with Crippen LogP contribution in [-0.4, -0.2) is 43.1 Å². The van der Waals surface area contributed by atoms with E-state index in [1.165, 1.54) is 29.2 Å². The summed E-state index contributed by atoms with van der Waals surface area (Å²) in [6.45, 7) is 1.78. The smallest absolute Gasteiger partial charge is 0.409 e. The van der Waals surface area contributed by atoms with E-state index in [0.717, 1.165) is 6.42 Å². The van der Waals surface area contributed by atoms with Gasteiger partial charge < -0.3 is 15.0 Å². The summed E-state index contributed by atoms with van der Waals surface area (Å²) >= 11 is 0. The van der Waals surface area contributed by atoms with Gasteiger partial charge in [0.25, 0.3) is 5.91 Å². The fourth-order valence-electron chi connectivity index (χ4n) is 1.84. The fraction of sp³-hybridized carbons (Fsp3) is 0.385. The molecule has 1 N–H and O–H groups in total. The topological polar surface area (TPSA) is 58.6 Å². The van der Waals surface area contributed by atoms with Crippen molar-refractivity contribution in [2.24, 2.45) is 0 Å². The Hall–Kier alpha value is -2.11. The van der Waals surface area contributed by atoms with Crippen LogP contribution in [0.2, 0.25) is 0 Å². The van der Waals surface area contributed by atoms with E-state index in [1.807, 2.05) is 0 Å². The number of nitrogens with one attached hydrogen (secondary N) is 1. The standard InChI is InChI=1S/C13H15FN2O3/c14-11-4-1-3-10(9-11)12(17)15-5-7-16-6-2-8-19-13(16)18/h1,3-4,9H,2,5-8H2,(H,15,17). The number of rotatable bonds is 4. The third-order valence-corrected chi connectivity index (χ3v) is 2.81. The highest BCUT2D eigenvalue weighted by Gasteiger charge is 2.19. The van der Waals surface area contributed by atoms with E-state index in [2.05, 4.69) is 5.32 Å². The van der Waals surface area contributed by atoms with E-state index < -0.39 is 5.82 Å². The van der Waals surface area contributed by atoms with Gasteiger partial charge in [0.1, 0.15) is 5.82 Å². The van der Waals surface area contributed by atoms with Crippen molar-refractivity contribution in [2.45, 2.75) is 6.42 Å². The molecule has 6 heteroatoms. The van der Waals surface area contributed by atoms with Gasteiger partial charge >= 0.3 is 6.09 Å². The molecular weight excluding hydrogens is 251 g/mol. The molecule has 1 aliphatic rings. The summed E-state index contributed by atoms with van der Waals surface area (Å²) in [4.78, 5) is 24.6. The van der Waals surface area contributed by atoms with E-state index >= 15 is 0 Å². The predicted octanol–water partition coefficient (Wildman–Crippen LogP) is 1.40. The SMILES string of the molecule is O=C(NCCN1CCCOC1=O)c1cccc(F)c1. The molecule has 0 bridgehead atoms. The van der Waals surface area contributed by atoms with Gasteiger partial charge in [0.05, 0.1) is 6.61 Å². The second-order valence-corrected chi connectivity index (χ2v) is 4.22. The third-order valence-electron chi connectivity index (χ3n) is 2.81. The summed E-state index contributed by atoms with van der Waals surface area (Å²) in [5, 5.41) is 2.64. The van der Waals surface area contributed by atoms with Crippen LogP contribution in [0.3, 0.4) is 0 Å². The maximum absolute atomic E-state index is 12.9. The lowest BCUT2D eigenvalue weighted by atomic mass is 10.2. The largest absolute Gasteiger partial charge is 0.449 e. The van der Waals surface area contributed by atoms with Gasteiger partial charge in [-0.05, 0) is 24.6 Å². The summed E-state index contributed by atoms with van der Waals surface area (Å²) in [5.41, 5.74) is 0.265. The molecule has 2 amide bonds. The molecule has 1 aromatic rings. The Balaban J connectivity index is 1.79. The first-order valence-electron chi connectivity index (χ1n) is 6.12. The summed E-state index contributed by atoms with van der Waals surface area (Å²) < 4.78 is 17.8. The number of benzene rings is 1. The van der Waals surface area contributed by atoms with E-state index in [0.29, 0.717) is 26.2 Å². The first kappa shape index (κ1) is 13.3. The van der Waals surface area contributed by atoms with Crippen LogP contribution in [0.5, 0.6) is 0 Å². The normalized spacial score (nSPS) is 15.0. The molecule has 1 heterocycles. The quantitative estimate of drug-likeness (QED) is 0.896. The number of ether oxygens (including phenoxy) is 1. The highest BCUT2D eigenvalue weighted by Crippen LogP contribution is 2.04. The Morgan fingerprint density at radius 1 is 1.47 bits per heavy atom. The Kier molecular flexibility index (Phi) is 4.33. The summed E-state index contributed by atoms with van der Waals surface area (Å²) in [7, 11) is 0. The minimum absolute atomic E-state index is 0.265. The molecule has 2 rings (SSSR count). The van der Waals surface area contributed by atoms with Gasteiger partial charge in [0.15, 0.2) is 0 Å². The fourth-order valence-corrected chi connectivity index (χ4v) is 1.84. The van der Waals surface area contributed by atoms with Crippen LogP contribution in [0, 0.1) is 5.82 Å². The van der Waals surface area contributed by atoms with Crippen molar-refractivity contribution in [3.05, 3.63) is 35.6 Å². The van der Waals surface area contributed by atoms with Crippen LogP contribution < -0.4 is 5.32 Å². The average Bonchev–Trinajstić information content (AvgIpc) is 2.41. The molecule has 0 saturated carbocycles. The Labute approximate surface area is 110 Å². The van der Waals surface area contributed by atoms with Crippen LogP contribution in [0.25, 0.3) is 0 Å². The number of halogens is 1. The number of cyclic esters (lactones) is 1. The van der Waals surface area contributed by atoms with E-state index in [1.54, 1.807) is 0 Å². The van der Waals surface area contributed by atoms with Crippen molar-refractivity contribution in [2.75, 3.05) is 26.2 Å². The minimum atomic E-state index is -0.452. The first-order chi connectivity index (χ1) is 9.16. The zero-order chi connectivity index (χ0) is 13.7. The zero-order valence-electron chi connectivity index (χ0n) is 10.4. The van der Waals surface area contributed by atoms with Gasteiger partial charge in [-0.15, -0.1) is 0 Å². The lowest BCUT2D eigenvalue weighted by molar-refractivity contribution is 0.0719. The van der Waals surface area contributed by atoms with Crippen molar-refractivity contribution in [1.82, 2.24) is 10.2 Å². The molecule has 0 unspecified atom stereocenters. The second kappa shape index (κ2) is 6.17. The highest BCUT2D eigenvalue weighted by atomic mass is 19.1. The lowest BCUT2D eigenvalue weighted by Gasteiger charge is -2.26. The minimum Gasteiger partial charge on any atom is -0.449 e. The van der Waals surface area contributed by atoms with Crippen LogP contribution in [-0.2, 0) is 4.74 Å². The number of amides is 2. The van der Waals surface area contributed by atoms with Gasteiger partial charge in [-0.25, -0.2) is 9.18 Å². The summed E-state index contributed by atoms with van der Waals surface area (Å²) in [5.74, 6) is -0.808. The molecule has 19 heavy (non-hydrogen) atoms. The second-order valence-electron chi connectivity index (χ2n) is 4.22. The van der Waals surface area contributed by atoms with Crippen molar-refractivity contribution in [1.29, 1.82) is 0 Å². The number of hydrogen-bond donors (Lipinski definition) is 1. The van der Waals surface area contributed by atoms with Crippen molar-refractivity contribution in [3.63, 3.8) is 0 Å². The Bertz CT molecular complexity index is 479. The maximum atomic E-state index is 12.9. The van der Waals surface area contributed by atoms with Crippen molar-refractivity contribution >= 4 is 12.0 Å². The van der Waals surface area contributed by atoms with Crippen LogP contribution >= 0.6 is 0 Å². The Morgan fingerprint density at radius 3 is 3.05 bits per heavy atom. The first-order valence-corrected chi connectivity index (χ1v) is 6.12. The molecule has 1 fully saturated rings. The molecule has 102 valence electrons. The van der Waals surface area contributed by atoms with Crippen LogP contribution in [0.4, 0.5) is 9.18 Å². The predicted molar refractivity (Wildman–Crippen MR) is 66.3 cm³/mol. The molecule has 1 aromatic carbocycles. The molecular formula is C13H15FN2O3. The van der Waals surface area contributed by atoms with Crippen molar-refractivity contribution < 1.29 is 18.7 Å². The summed E-state index contributed by atoms with van der Waals surface area (Å²) in [6.07, 6.45) is 0.440. The molecule has 0 radical (unpaired) electrons. The maximum Gasteiger partial charge on any atom is 0.409 e. The van der Waals surface area contributed by atoms with E-state index in [-0.39, 0.29) is 17.6 Å². The van der Waals surface area contributed by atoms with Crippen LogP contribution in [0.1, 0.15) is 16.8 Å². The average molecular weight is 266 g/mol. The van der Waals surface area contributed by atoms with Gasteiger partial charge in [0.2, 0.25) is 0 Å².